The molecule has 4 heterocycles. The summed E-state index contributed by atoms with van der Waals surface area (Å²) in [5.74, 6) is 0.744. The predicted octanol–water partition coefficient (Wildman–Crippen LogP) is 4.04. The molecule has 164 valence electrons. The second-order valence-corrected chi connectivity index (χ2v) is 8.64. The predicted molar refractivity (Wildman–Crippen MR) is 133 cm³/mol. The summed E-state index contributed by atoms with van der Waals surface area (Å²) in [5, 5.41) is 11.9. The van der Waals surface area contributed by atoms with Crippen LogP contribution in [0, 0.1) is 5.41 Å². The Bertz CT molecular complexity index is 1390. The quantitative estimate of drug-likeness (QED) is 0.506. The maximum absolute atomic E-state index is 8.51. The zero-order valence-corrected chi connectivity index (χ0v) is 18.5. The number of piperazine rings is 1. The molecule has 0 unspecified atom stereocenters. The van der Waals surface area contributed by atoms with Crippen LogP contribution in [0.1, 0.15) is 16.8 Å². The van der Waals surface area contributed by atoms with Gasteiger partial charge in [0, 0.05) is 61.7 Å². The lowest BCUT2D eigenvalue weighted by molar-refractivity contribution is 0.313. The fourth-order valence-electron chi connectivity index (χ4n) is 4.55. The highest BCUT2D eigenvalue weighted by Gasteiger charge is 2.22. The molecule has 1 saturated heterocycles. The maximum Gasteiger partial charge on any atom is 0.136 e. The van der Waals surface area contributed by atoms with E-state index in [0.717, 1.165) is 60.0 Å². The number of hydrogen-bond donors (Lipinski definition) is 2. The van der Waals surface area contributed by atoms with Gasteiger partial charge in [-0.15, -0.1) is 0 Å². The summed E-state index contributed by atoms with van der Waals surface area (Å²) in [6.07, 6.45) is 7.67. The summed E-state index contributed by atoms with van der Waals surface area (Å²) in [6, 6.07) is 16.6. The SMILES string of the molecule is CN1CCN(c2cccc(Nc3ccc4c(n3)C(=N)C=C4c3ccc4nccn4c3)c2)CC1. The first kappa shape index (κ1) is 19.7. The fraction of sp³-hybridized carbons (Fsp3) is 0.192. The Morgan fingerprint density at radius 1 is 1.00 bits per heavy atom. The minimum atomic E-state index is 0.431. The molecule has 0 amide bonds. The van der Waals surface area contributed by atoms with Gasteiger partial charge in [0.05, 0.1) is 11.4 Å². The Kier molecular flexibility index (Phi) is 4.69. The minimum Gasteiger partial charge on any atom is -0.369 e. The number of rotatable bonds is 4. The molecule has 1 fully saturated rings. The monoisotopic (exact) mass is 435 g/mol. The van der Waals surface area contributed by atoms with Gasteiger partial charge >= 0.3 is 0 Å². The smallest absolute Gasteiger partial charge is 0.136 e. The Hall–Kier alpha value is -3.97. The summed E-state index contributed by atoms with van der Waals surface area (Å²) in [7, 11) is 2.17. The van der Waals surface area contributed by atoms with E-state index in [4.69, 9.17) is 10.4 Å². The zero-order valence-electron chi connectivity index (χ0n) is 18.5. The molecule has 7 nitrogen and oxygen atoms in total. The molecule has 6 rings (SSSR count). The van der Waals surface area contributed by atoms with Crippen molar-refractivity contribution < 1.29 is 0 Å². The Morgan fingerprint density at radius 2 is 1.88 bits per heavy atom. The Balaban J connectivity index is 1.25. The lowest BCUT2D eigenvalue weighted by atomic mass is 10.0. The lowest BCUT2D eigenvalue weighted by Crippen LogP contribution is -2.44. The van der Waals surface area contributed by atoms with Gasteiger partial charge in [-0.1, -0.05) is 6.07 Å². The normalized spacial score (nSPS) is 16.2. The number of imidazole rings is 1. The van der Waals surface area contributed by atoms with Gasteiger partial charge in [0.15, 0.2) is 0 Å². The van der Waals surface area contributed by atoms with Crippen molar-refractivity contribution in [1.29, 1.82) is 5.41 Å². The van der Waals surface area contributed by atoms with Crippen LogP contribution >= 0.6 is 0 Å². The van der Waals surface area contributed by atoms with E-state index in [2.05, 4.69) is 57.5 Å². The van der Waals surface area contributed by atoms with Crippen molar-refractivity contribution in [2.45, 2.75) is 0 Å². The summed E-state index contributed by atoms with van der Waals surface area (Å²) in [5.41, 5.74) is 7.31. The van der Waals surface area contributed by atoms with Crippen molar-refractivity contribution >= 4 is 34.1 Å². The van der Waals surface area contributed by atoms with Gasteiger partial charge in [-0.3, -0.25) is 5.41 Å². The van der Waals surface area contributed by atoms with Gasteiger partial charge in [-0.05, 0) is 66.7 Å². The van der Waals surface area contributed by atoms with Gasteiger partial charge in [0.2, 0.25) is 0 Å². The molecule has 0 atom stereocenters. The number of hydrogen-bond acceptors (Lipinski definition) is 6. The third-order valence-corrected chi connectivity index (χ3v) is 6.42. The fourth-order valence-corrected chi connectivity index (χ4v) is 4.55. The summed E-state index contributed by atoms with van der Waals surface area (Å²) < 4.78 is 1.99. The zero-order chi connectivity index (χ0) is 22.4. The first-order valence-corrected chi connectivity index (χ1v) is 11.2. The van der Waals surface area contributed by atoms with E-state index in [0.29, 0.717) is 11.4 Å². The van der Waals surface area contributed by atoms with Gasteiger partial charge in [0.25, 0.3) is 0 Å². The molecule has 1 aliphatic heterocycles. The minimum absolute atomic E-state index is 0.431. The molecule has 2 aliphatic rings. The van der Waals surface area contributed by atoms with Crippen LogP contribution < -0.4 is 10.2 Å². The van der Waals surface area contributed by atoms with E-state index in [9.17, 15) is 0 Å². The highest BCUT2D eigenvalue weighted by molar-refractivity contribution is 6.19. The molecule has 7 heteroatoms. The van der Waals surface area contributed by atoms with E-state index < -0.39 is 0 Å². The first-order valence-electron chi connectivity index (χ1n) is 11.2. The van der Waals surface area contributed by atoms with Gasteiger partial charge < -0.3 is 19.5 Å². The summed E-state index contributed by atoms with van der Waals surface area (Å²) >= 11 is 0. The number of nitrogens with one attached hydrogen (secondary N) is 2. The summed E-state index contributed by atoms with van der Waals surface area (Å²) in [6.45, 7) is 4.23. The highest BCUT2D eigenvalue weighted by Crippen LogP contribution is 2.33. The molecule has 4 aromatic rings. The number of fused-ring (bicyclic) bond motifs is 2. The highest BCUT2D eigenvalue weighted by atomic mass is 15.2. The molecular formula is C26H25N7. The lowest BCUT2D eigenvalue weighted by Gasteiger charge is -2.34. The van der Waals surface area contributed by atoms with Crippen molar-refractivity contribution in [3.63, 3.8) is 0 Å². The first-order chi connectivity index (χ1) is 16.1. The van der Waals surface area contributed by atoms with E-state index >= 15 is 0 Å². The number of nitrogens with zero attached hydrogens (tertiary/aromatic N) is 5. The van der Waals surface area contributed by atoms with Crippen LogP contribution in [0.25, 0.3) is 11.2 Å². The number of aromatic nitrogens is 3. The van der Waals surface area contributed by atoms with Crippen LogP contribution in [0.2, 0.25) is 0 Å². The van der Waals surface area contributed by atoms with E-state index in [1.54, 1.807) is 6.20 Å². The average Bonchev–Trinajstić information content (AvgIpc) is 3.43. The van der Waals surface area contributed by atoms with Crippen LogP contribution in [-0.4, -0.2) is 58.2 Å². The molecule has 1 aliphatic carbocycles. The standard InChI is InChI=1S/C26H25N7/c1-31-11-13-32(14-12-31)20-4-2-3-19(15-20)29-24-7-6-21-22(16-23(27)26(21)30-24)18-5-8-25-28-9-10-33(25)17-18/h2-10,15-17,27H,11-14H2,1H3,(H,29,30). The topological polar surface area (TPSA) is 72.5 Å². The van der Waals surface area contributed by atoms with E-state index in [1.807, 2.05) is 41.1 Å². The number of allylic oxidation sites excluding steroid dienone is 1. The van der Waals surface area contributed by atoms with Crippen molar-refractivity contribution in [3.8, 4) is 0 Å². The van der Waals surface area contributed by atoms with Crippen LogP contribution in [0.5, 0.6) is 0 Å². The van der Waals surface area contributed by atoms with Crippen molar-refractivity contribution in [1.82, 2.24) is 19.3 Å². The van der Waals surface area contributed by atoms with Gasteiger partial charge in [0.1, 0.15) is 11.5 Å². The number of likely N-dealkylation sites (N-methyl/N-ethyl adjacent to an activating group) is 1. The third-order valence-electron chi connectivity index (χ3n) is 6.42. The molecule has 33 heavy (non-hydrogen) atoms. The molecule has 1 aromatic carbocycles. The van der Waals surface area contributed by atoms with Crippen LogP contribution in [0.3, 0.4) is 0 Å². The van der Waals surface area contributed by atoms with Crippen LogP contribution in [-0.2, 0) is 0 Å². The van der Waals surface area contributed by atoms with Crippen LogP contribution in [0.15, 0.2) is 73.2 Å². The largest absolute Gasteiger partial charge is 0.369 e. The maximum atomic E-state index is 8.51. The van der Waals surface area contributed by atoms with Gasteiger partial charge in [-0.2, -0.15) is 0 Å². The summed E-state index contributed by atoms with van der Waals surface area (Å²) in [4.78, 5) is 13.9. The Morgan fingerprint density at radius 3 is 2.76 bits per heavy atom. The molecule has 0 bridgehead atoms. The molecule has 0 saturated carbocycles. The molecule has 0 radical (unpaired) electrons. The van der Waals surface area contributed by atoms with Crippen molar-refractivity contribution in [2.75, 3.05) is 43.4 Å². The van der Waals surface area contributed by atoms with Crippen LogP contribution in [0.4, 0.5) is 17.2 Å². The number of anilines is 3. The number of pyridine rings is 2. The van der Waals surface area contributed by atoms with Gasteiger partial charge in [-0.25, -0.2) is 9.97 Å². The molecule has 2 N–H and O–H groups in total. The van der Waals surface area contributed by atoms with Crippen molar-refractivity contribution in [3.05, 3.63) is 90.0 Å². The van der Waals surface area contributed by atoms with E-state index in [1.165, 1.54) is 5.69 Å². The molecular weight excluding hydrogens is 410 g/mol. The van der Waals surface area contributed by atoms with Crippen molar-refractivity contribution in [2.24, 2.45) is 0 Å². The second-order valence-electron chi connectivity index (χ2n) is 8.64. The Labute approximate surface area is 192 Å². The van der Waals surface area contributed by atoms with E-state index in [-0.39, 0.29) is 0 Å². The average molecular weight is 436 g/mol. The number of benzene rings is 1. The molecule has 0 spiro atoms. The molecule has 3 aromatic heterocycles. The second kappa shape index (κ2) is 7.86. The third kappa shape index (κ3) is 3.66.